The van der Waals surface area contributed by atoms with Crippen molar-refractivity contribution < 1.29 is 18.4 Å². The van der Waals surface area contributed by atoms with Crippen molar-refractivity contribution in [3.8, 4) is 10.6 Å². The maximum Gasteiger partial charge on any atom is 0.188 e. The average molecular weight is 392 g/mol. The number of thiazole rings is 2. The molecule has 0 aliphatic carbocycles. The van der Waals surface area contributed by atoms with Crippen LogP contribution in [0.4, 0.5) is 8.78 Å². The lowest BCUT2D eigenvalue weighted by molar-refractivity contribution is -0.117. The molecule has 0 radical (unpaired) electrons. The van der Waals surface area contributed by atoms with E-state index in [0.29, 0.717) is 21.4 Å². The molecule has 1 aromatic carbocycles. The fourth-order valence-electron chi connectivity index (χ4n) is 2.41. The van der Waals surface area contributed by atoms with Crippen molar-refractivity contribution >= 4 is 34.2 Å². The number of carbonyl (C=O) groups excluding carboxylic acids is 2. The Hall–Kier alpha value is -2.32. The maximum absolute atomic E-state index is 13.6. The van der Waals surface area contributed by atoms with Crippen LogP contribution in [0.2, 0.25) is 0 Å². The van der Waals surface area contributed by atoms with E-state index in [1.807, 2.05) is 0 Å². The van der Waals surface area contributed by atoms with Gasteiger partial charge in [0, 0.05) is 24.3 Å². The van der Waals surface area contributed by atoms with Gasteiger partial charge < -0.3 is 0 Å². The molecule has 2 aromatic heterocycles. The van der Waals surface area contributed by atoms with Crippen LogP contribution in [0.15, 0.2) is 23.6 Å². The highest BCUT2D eigenvalue weighted by molar-refractivity contribution is 7.17. The molecule has 0 aliphatic heterocycles. The quantitative estimate of drug-likeness (QED) is 0.583. The molecule has 0 fully saturated rings. The third-order valence-corrected chi connectivity index (χ3v) is 5.80. The lowest BCUT2D eigenvalue weighted by Gasteiger charge is -2.03. The van der Waals surface area contributed by atoms with Gasteiger partial charge in [0.15, 0.2) is 10.8 Å². The summed E-state index contributed by atoms with van der Waals surface area (Å²) in [5.74, 6) is -1.88. The molecule has 3 rings (SSSR count). The smallest absolute Gasteiger partial charge is 0.188 e. The van der Waals surface area contributed by atoms with Crippen LogP contribution in [-0.2, 0) is 17.6 Å². The van der Waals surface area contributed by atoms with Crippen molar-refractivity contribution in [3.63, 3.8) is 0 Å². The zero-order valence-electron chi connectivity index (χ0n) is 14.0. The number of aromatic nitrogens is 2. The van der Waals surface area contributed by atoms with Crippen LogP contribution >= 0.6 is 22.7 Å². The minimum Gasteiger partial charge on any atom is -0.299 e. The van der Waals surface area contributed by atoms with Crippen molar-refractivity contribution in [2.75, 3.05) is 0 Å². The number of ketones is 2. The molecular formula is C18H14F2N2O2S2. The lowest BCUT2D eigenvalue weighted by Crippen LogP contribution is -2.09. The molecule has 0 spiro atoms. The number of hydrogen-bond acceptors (Lipinski definition) is 6. The number of halogens is 2. The monoisotopic (exact) mass is 392 g/mol. The van der Waals surface area contributed by atoms with Crippen molar-refractivity contribution in [2.45, 2.75) is 26.7 Å². The van der Waals surface area contributed by atoms with Crippen molar-refractivity contribution in [2.24, 2.45) is 0 Å². The summed E-state index contributed by atoms with van der Waals surface area (Å²) < 4.78 is 27.3. The summed E-state index contributed by atoms with van der Waals surface area (Å²) >= 11 is 2.55. The summed E-state index contributed by atoms with van der Waals surface area (Å²) in [5.41, 5.74) is 1.13. The molecule has 2 heterocycles. The Morgan fingerprint density at radius 2 is 1.81 bits per heavy atom. The first-order valence-corrected chi connectivity index (χ1v) is 9.42. The summed E-state index contributed by atoms with van der Waals surface area (Å²) in [4.78, 5) is 33.0. The second-order valence-electron chi connectivity index (χ2n) is 5.71. The molecule has 0 bridgehead atoms. The number of carbonyl (C=O) groups is 2. The fourth-order valence-corrected chi connectivity index (χ4v) is 4.22. The Bertz CT molecular complexity index is 975. The van der Waals surface area contributed by atoms with E-state index in [-0.39, 0.29) is 30.0 Å². The van der Waals surface area contributed by atoms with E-state index in [1.54, 1.807) is 12.3 Å². The molecule has 3 aromatic rings. The molecule has 0 atom stereocenters. The first-order valence-electron chi connectivity index (χ1n) is 7.73. The van der Waals surface area contributed by atoms with Gasteiger partial charge >= 0.3 is 0 Å². The van der Waals surface area contributed by atoms with E-state index in [1.165, 1.54) is 35.7 Å². The van der Waals surface area contributed by atoms with Gasteiger partial charge in [-0.2, -0.15) is 0 Å². The highest BCUT2D eigenvalue weighted by Gasteiger charge is 2.18. The standard InChI is InChI=1S/C18H14F2N2O2S2/c1-9-17(26-18(21-9)10(2)23)15-8-25-16(22-15)7-11(24)6-12-13(19)4-3-5-14(12)20/h3-5,8H,6-7H2,1-2H3. The Morgan fingerprint density at radius 1 is 1.12 bits per heavy atom. The maximum atomic E-state index is 13.6. The van der Waals surface area contributed by atoms with Crippen LogP contribution in [-0.4, -0.2) is 21.5 Å². The van der Waals surface area contributed by atoms with E-state index < -0.39 is 11.6 Å². The van der Waals surface area contributed by atoms with E-state index in [9.17, 15) is 18.4 Å². The van der Waals surface area contributed by atoms with Crippen LogP contribution in [0.1, 0.15) is 33.0 Å². The molecule has 4 nitrogen and oxygen atoms in total. The van der Waals surface area contributed by atoms with Gasteiger partial charge in [-0.25, -0.2) is 18.7 Å². The Kier molecular flexibility index (Phi) is 5.33. The first kappa shape index (κ1) is 18.5. The Labute approximate surface area is 156 Å². The van der Waals surface area contributed by atoms with Crippen LogP contribution in [0.5, 0.6) is 0 Å². The minimum absolute atomic E-state index is 0.00411. The van der Waals surface area contributed by atoms with E-state index in [4.69, 9.17) is 0 Å². The average Bonchev–Trinajstić information content (AvgIpc) is 3.17. The largest absolute Gasteiger partial charge is 0.299 e. The van der Waals surface area contributed by atoms with E-state index >= 15 is 0 Å². The molecule has 26 heavy (non-hydrogen) atoms. The molecule has 0 unspecified atom stereocenters. The summed E-state index contributed by atoms with van der Waals surface area (Å²) in [7, 11) is 0. The topological polar surface area (TPSA) is 59.9 Å². The van der Waals surface area contributed by atoms with Crippen LogP contribution < -0.4 is 0 Å². The summed E-state index contributed by atoms with van der Waals surface area (Å²) in [6.45, 7) is 3.25. The zero-order valence-corrected chi connectivity index (χ0v) is 15.6. The number of hydrogen-bond donors (Lipinski definition) is 0. The van der Waals surface area contributed by atoms with Crippen LogP contribution in [0.25, 0.3) is 10.6 Å². The molecule has 0 saturated heterocycles. The molecule has 0 amide bonds. The van der Waals surface area contributed by atoms with Gasteiger partial charge in [0.2, 0.25) is 0 Å². The number of Topliss-reactive ketones (excluding diaryl/α,β-unsaturated/α-hetero) is 2. The molecule has 0 N–H and O–H groups in total. The third-order valence-electron chi connectivity index (χ3n) is 3.67. The van der Waals surface area contributed by atoms with Crippen molar-refractivity contribution in [1.82, 2.24) is 9.97 Å². The van der Waals surface area contributed by atoms with Gasteiger partial charge in [-0.15, -0.1) is 22.7 Å². The van der Waals surface area contributed by atoms with Gasteiger partial charge in [-0.05, 0) is 19.1 Å². The van der Waals surface area contributed by atoms with Gasteiger partial charge in [0.1, 0.15) is 22.4 Å². The molecular weight excluding hydrogens is 378 g/mol. The second kappa shape index (κ2) is 7.51. The molecule has 0 saturated carbocycles. The number of rotatable bonds is 6. The molecule has 8 heteroatoms. The normalized spacial score (nSPS) is 10.9. The number of aryl methyl sites for hydroxylation is 1. The number of benzene rings is 1. The van der Waals surface area contributed by atoms with Gasteiger partial charge in [-0.3, -0.25) is 9.59 Å². The van der Waals surface area contributed by atoms with Crippen molar-refractivity contribution in [3.05, 3.63) is 56.5 Å². The van der Waals surface area contributed by atoms with Crippen LogP contribution in [0.3, 0.4) is 0 Å². The SMILES string of the molecule is CC(=O)c1nc(C)c(-c2csc(CC(=O)Cc3c(F)cccc3F)n2)s1. The Morgan fingerprint density at radius 3 is 2.42 bits per heavy atom. The first-order chi connectivity index (χ1) is 12.3. The van der Waals surface area contributed by atoms with E-state index in [2.05, 4.69) is 9.97 Å². The highest BCUT2D eigenvalue weighted by atomic mass is 32.1. The molecule has 0 aliphatic rings. The zero-order chi connectivity index (χ0) is 18.8. The predicted molar refractivity (Wildman–Crippen MR) is 96.7 cm³/mol. The lowest BCUT2D eigenvalue weighted by atomic mass is 10.1. The van der Waals surface area contributed by atoms with E-state index in [0.717, 1.165) is 17.0 Å². The van der Waals surface area contributed by atoms with Crippen molar-refractivity contribution in [1.29, 1.82) is 0 Å². The number of nitrogens with zero attached hydrogens (tertiary/aromatic N) is 2. The predicted octanol–water partition coefficient (Wildman–Crippen LogP) is 4.41. The molecule has 134 valence electrons. The van der Waals surface area contributed by atoms with Gasteiger partial charge in [0.25, 0.3) is 0 Å². The Balaban J connectivity index is 1.74. The summed E-state index contributed by atoms with van der Waals surface area (Å²) in [6.07, 6.45) is -0.322. The highest BCUT2D eigenvalue weighted by Crippen LogP contribution is 2.31. The minimum atomic E-state index is -0.727. The van der Waals surface area contributed by atoms with Crippen LogP contribution in [0, 0.1) is 18.6 Å². The second-order valence-corrected chi connectivity index (χ2v) is 7.65. The third kappa shape index (κ3) is 3.91. The summed E-state index contributed by atoms with van der Waals surface area (Å²) in [5, 5.41) is 2.76. The van der Waals surface area contributed by atoms with Gasteiger partial charge in [-0.1, -0.05) is 6.07 Å². The fraction of sp³-hybridized carbons (Fsp3) is 0.222. The van der Waals surface area contributed by atoms with Gasteiger partial charge in [0.05, 0.1) is 22.7 Å². The summed E-state index contributed by atoms with van der Waals surface area (Å²) in [6, 6.07) is 3.52.